The van der Waals surface area contributed by atoms with Gasteiger partial charge in [-0.2, -0.15) is 0 Å². The summed E-state index contributed by atoms with van der Waals surface area (Å²) in [5.74, 6) is 0.899. The molecule has 0 amide bonds. The summed E-state index contributed by atoms with van der Waals surface area (Å²) in [6.07, 6.45) is 9.55. The molecular weight excluding hydrogens is 182 g/mol. The molecular formula is C14H31N. The fourth-order valence-electron chi connectivity index (χ4n) is 2.35. The van der Waals surface area contributed by atoms with Crippen molar-refractivity contribution in [3.8, 4) is 0 Å². The molecule has 0 fully saturated rings. The summed E-state index contributed by atoms with van der Waals surface area (Å²) in [7, 11) is 0. The molecule has 0 spiro atoms. The van der Waals surface area contributed by atoms with Gasteiger partial charge in [0.2, 0.25) is 0 Å². The average Bonchev–Trinajstić information content (AvgIpc) is 2.26. The topological polar surface area (TPSA) is 12.0 Å². The van der Waals surface area contributed by atoms with E-state index in [1.54, 1.807) is 0 Å². The highest BCUT2D eigenvalue weighted by atomic mass is 14.9. The van der Waals surface area contributed by atoms with Gasteiger partial charge in [-0.15, -0.1) is 0 Å². The number of rotatable bonds is 10. The minimum atomic E-state index is 0.770. The van der Waals surface area contributed by atoms with Gasteiger partial charge in [-0.05, 0) is 25.3 Å². The van der Waals surface area contributed by atoms with Gasteiger partial charge in [0.1, 0.15) is 0 Å². The first-order chi connectivity index (χ1) is 7.29. The summed E-state index contributed by atoms with van der Waals surface area (Å²) in [5.41, 5.74) is 0. The van der Waals surface area contributed by atoms with Gasteiger partial charge >= 0.3 is 0 Å². The molecule has 1 heteroatoms. The highest BCUT2D eigenvalue weighted by Gasteiger charge is 2.17. The molecule has 1 nitrogen and oxygen atoms in total. The fourth-order valence-corrected chi connectivity index (χ4v) is 2.35. The van der Waals surface area contributed by atoms with Crippen molar-refractivity contribution in [3.63, 3.8) is 0 Å². The van der Waals surface area contributed by atoms with Gasteiger partial charge in [0, 0.05) is 6.04 Å². The number of hydrogen-bond acceptors (Lipinski definition) is 1. The Balaban J connectivity index is 4.00. The van der Waals surface area contributed by atoms with Crippen LogP contribution in [0.4, 0.5) is 0 Å². The SMILES string of the molecule is CCCCC(CC)C(CCCC)NCC. The normalized spacial score (nSPS) is 15.2. The van der Waals surface area contributed by atoms with Crippen LogP contribution in [0.3, 0.4) is 0 Å². The van der Waals surface area contributed by atoms with Crippen molar-refractivity contribution >= 4 is 0 Å². The van der Waals surface area contributed by atoms with Crippen LogP contribution in [0.1, 0.15) is 72.6 Å². The van der Waals surface area contributed by atoms with E-state index in [0.29, 0.717) is 0 Å². The van der Waals surface area contributed by atoms with E-state index in [1.165, 1.54) is 44.9 Å². The van der Waals surface area contributed by atoms with Crippen LogP contribution in [0, 0.1) is 5.92 Å². The molecule has 0 aliphatic rings. The van der Waals surface area contributed by atoms with Gasteiger partial charge in [-0.25, -0.2) is 0 Å². The molecule has 0 aromatic heterocycles. The van der Waals surface area contributed by atoms with Crippen LogP contribution in [0.5, 0.6) is 0 Å². The lowest BCUT2D eigenvalue weighted by Crippen LogP contribution is -2.36. The molecule has 92 valence electrons. The predicted octanol–water partition coefficient (Wildman–Crippen LogP) is 4.37. The molecule has 0 aliphatic heterocycles. The van der Waals surface area contributed by atoms with Crippen molar-refractivity contribution in [1.82, 2.24) is 5.32 Å². The standard InChI is InChI=1S/C14H31N/c1-5-9-11-13(7-3)14(15-8-4)12-10-6-2/h13-15H,5-12H2,1-4H3. The Labute approximate surface area is 97.0 Å². The van der Waals surface area contributed by atoms with Crippen LogP contribution >= 0.6 is 0 Å². The Bertz CT molecular complexity index is 123. The van der Waals surface area contributed by atoms with E-state index in [-0.39, 0.29) is 0 Å². The van der Waals surface area contributed by atoms with Crippen molar-refractivity contribution in [2.45, 2.75) is 78.7 Å². The second-order valence-electron chi connectivity index (χ2n) is 4.62. The van der Waals surface area contributed by atoms with Gasteiger partial charge in [0.15, 0.2) is 0 Å². The Kier molecular flexibility index (Phi) is 10.4. The van der Waals surface area contributed by atoms with Gasteiger partial charge in [-0.1, -0.05) is 59.8 Å². The monoisotopic (exact) mass is 213 g/mol. The zero-order chi connectivity index (χ0) is 11.5. The molecule has 0 bridgehead atoms. The lowest BCUT2D eigenvalue weighted by molar-refractivity contribution is 0.301. The predicted molar refractivity (Wildman–Crippen MR) is 70.3 cm³/mol. The van der Waals surface area contributed by atoms with E-state index in [9.17, 15) is 0 Å². The Morgan fingerprint density at radius 1 is 0.867 bits per heavy atom. The summed E-state index contributed by atoms with van der Waals surface area (Å²) >= 11 is 0. The van der Waals surface area contributed by atoms with Gasteiger partial charge < -0.3 is 5.32 Å². The van der Waals surface area contributed by atoms with Crippen LogP contribution in [-0.2, 0) is 0 Å². The number of unbranched alkanes of at least 4 members (excludes halogenated alkanes) is 2. The summed E-state index contributed by atoms with van der Waals surface area (Å²) < 4.78 is 0. The van der Waals surface area contributed by atoms with Crippen molar-refractivity contribution in [1.29, 1.82) is 0 Å². The third kappa shape index (κ3) is 6.94. The van der Waals surface area contributed by atoms with Crippen LogP contribution in [0.15, 0.2) is 0 Å². The van der Waals surface area contributed by atoms with Gasteiger partial charge in [0.05, 0.1) is 0 Å². The zero-order valence-corrected chi connectivity index (χ0v) is 11.3. The highest BCUT2D eigenvalue weighted by Crippen LogP contribution is 2.20. The van der Waals surface area contributed by atoms with Crippen molar-refractivity contribution in [2.24, 2.45) is 5.92 Å². The highest BCUT2D eigenvalue weighted by molar-refractivity contribution is 4.75. The molecule has 1 N–H and O–H groups in total. The maximum atomic E-state index is 3.68. The van der Waals surface area contributed by atoms with E-state index >= 15 is 0 Å². The first-order valence-electron chi connectivity index (χ1n) is 7.03. The summed E-state index contributed by atoms with van der Waals surface area (Å²) in [5, 5.41) is 3.68. The van der Waals surface area contributed by atoms with E-state index in [4.69, 9.17) is 0 Å². The zero-order valence-electron chi connectivity index (χ0n) is 11.3. The lowest BCUT2D eigenvalue weighted by atomic mass is 9.88. The Hall–Kier alpha value is -0.0400. The molecule has 2 unspecified atom stereocenters. The third-order valence-corrected chi connectivity index (χ3v) is 3.36. The minimum absolute atomic E-state index is 0.770. The number of hydrogen-bond donors (Lipinski definition) is 1. The molecule has 0 saturated heterocycles. The molecule has 0 aliphatic carbocycles. The van der Waals surface area contributed by atoms with Crippen LogP contribution in [0.2, 0.25) is 0 Å². The minimum Gasteiger partial charge on any atom is -0.314 e. The van der Waals surface area contributed by atoms with Crippen LogP contribution in [-0.4, -0.2) is 12.6 Å². The molecule has 0 aromatic carbocycles. The summed E-state index contributed by atoms with van der Waals surface area (Å²) in [4.78, 5) is 0. The first kappa shape index (κ1) is 15.0. The summed E-state index contributed by atoms with van der Waals surface area (Å²) in [6.45, 7) is 10.3. The van der Waals surface area contributed by atoms with Crippen molar-refractivity contribution in [2.75, 3.05) is 6.54 Å². The average molecular weight is 213 g/mol. The van der Waals surface area contributed by atoms with Gasteiger partial charge in [-0.3, -0.25) is 0 Å². The molecule has 0 rings (SSSR count). The second kappa shape index (κ2) is 10.5. The second-order valence-corrected chi connectivity index (χ2v) is 4.62. The third-order valence-electron chi connectivity index (χ3n) is 3.36. The molecule has 0 aromatic rings. The molecule has 15 heavy (non-hydrogen) atoms. The van der Waals surface area contributed by atoms with E-state index in [2.05, 4.69) is 33.0 Å². The van der Waals surface area contributed by atoms with Crippen LogP contribution in [0.25, 0.3) is 0 Å². The molecule has 0 radical (unpaired) electrons. The first-order valence-corrected chi connectivity index (χ1v) is 7.03. The number of nitrogens with one attached hydrogen (secondary N) is 1. The van der Waals surface area contributed by atoms with Crippen molar-refractivity contribution in [3.05, 3.63) is 0 Å². The van der Waals surface area contributed by atoms with Gasteiger partial charge in [0.25, 0.3) is 0 Å². The van der Waals surface area contributed by atoms with E-state index in [0.717, 1.165) is 18.5 Å². The maximum absolute atomic E-state index is 3.68. The fraction of sp³-hybridized carbons (Fsp3) is 1.00. The van der Waals surface area contributed by atoms with Crippen LogP contribution < -0.4 is 5.32 Å². The largest absolute Gasteiger partial charge is 0.314 e. The van der Waals surface area contributed by atoms with E-state index in [1.807, 2.05) is 0 Å². The van der Waals surface area contributed by atoms with E-state index < -0.39 is 0 Å². The molecule has 2 atom stereocenters. The quantitative estimate of drug-likeness (QED) is 0.568. The Morgan fingerprint density at radius 2 is 1.47 bits per heavy atom. The maximum Gasteiger partial charge on any atom is 0.00951 e. The van der Waals surface area contributed by atoms with Crippen molar-refractivity contribution < 1.29 is 0 Å². The molecule has 0 heterocycles. The lowest BCUT2D eigenvalue weighted by Gasteiger charge is -2.27. The summed E-state index contributed by atoms with van der Waals surface area (Å²) in [6, 6.07) is 0.770. The Morgan fingerprint density at radius 3 is 1.93 bits per heavy atom. The smallest absolute Gasteiger partial charge is 0.00951 e. The molecule has 0 saturated carbocycles.